The van der Waals surface area contributed by atoms with E-state index in [2.05, 4.69) is 5.32 Å². The first-order valence-corrected chi connectivity index (χ1v) is 4.87. The molecule has 13 heavy (non-hydrogen) atoms. The molecule has 1 aromatic heterocycles. The first-order valence-electron chi connectivity index (χ1n) is 4.87. The van der Waals surface area contributed by atoms with E-state index in [1.807, 2.05) is 12.1 Å². The lowest BCUT2D eigenvalue weighted by atomic mass is 10.2. The van der Waals surface area contributed by atoms with Crippen molar-refractivity contribution in [1.82, 2.24) is 5.32 Å². The monoisotopic (exact) mass is 180 g/mol. The number of nitrogens with two attached hydrogens (primary N) is 1. The Labute approximate surface area is 78.3 Å². The summed E-state index contributed by atoms with van der Waals surface area (Å²) in [5.41, 5.74) is 5.93. The summed E-state index contributed by atoms with van der Waals surface area (Å²) in [5.74, 6) is 0.985. The van der Waals surface area contributed by atoms with Gasteiger partial charge >= 0.3 is 0 Å². The number of rotatable bonds is 3. The van der Waals surface area contributed by atoms with E-state index in [-0.39, 0.29) is 0 Å². The molecular weight excluding hydrogens is 164 g/mol. The van der Waals surface area contributed by atoms with Crippen LogP contribution < -0.4 is 11.1 Å². The van der Waals surface area contributed by atoms with Crippen molar-refractivity contribution in [2.75, 3.05) is 0 Å². The van der Waals surface area contributed by atoms with Gasteiger partial charge in [-0.25, -0.2) is 0 Å². The van der Waals surface area contributed by atoms with Crippen molar-refractivity contribution in [1.29, 1.82) is 0 Å². The van der Waals surface area contributed by atoms with Crippen LogP contribution in [0.15, 0.2) is 22.8 Å². The Kier molecular flexibility index (Phi) is 2.66. The van der Waals surface area contributed by atoms with E-state index in [0.717, 1.165) is 18.7 Å². The average molecular weight is 180 g/mol. The van der Waals surface area contributed by atoms with Gasteiger partial charge in [0.05, 0.1) is 12.8 Å². The van der Waals surface area contributed by atoms with Crippen LogP contribution >= 0.6 is 0 Å². The van der Waals surface area contributed by atoms with Crippen LogP contribution in [0.25, 0.3) is 0 Å². The van der Waals surface area contributed by atoms with Crippen LogP contribution in [-0.2, 0) is 6.54 Å². The van der Waals surface area contributed by atoms with Crippen molar-refractivity contribution < 1.29 is 4.42 Å². The molecule has 2 rings (SSSR count). The molecule has 1 aliphatic carbocycles. The third-order valence-electron chi connectivity index (χ3n) is 2.69. The van der Waals surface area contributed by atoms with Crippen LogP contribution in [0.3, 0.4) is 0 Å². The highest BCUT2D eigenvalue weighted by atomic mass is 16.3. The van der Waals surface area contributed by atoms with Crippen molar-refractivity contribution in [3.8, 4) is 0 Å². The SMILES string of the molecule is N[C@@H]1CCC[C@@H]1NCc1ccco1. The second-order valence-electron chi connectivity index (χ2n) is 3.66. The predicted octanol–water partition coefficient (Wildman–Crippen LogP) is 1.25. The van der Waals surface area contributed by atoms with Crippen LogP contribution in [0.1, 0.15) is 25.0 Å². The number of hydrogen-bond donors (Lipinski definition) is 2. The van der Waals surface area contributed by atoms with Gasteiger partial charge in [-0.2, -0.15) is 0 Å². The second-order valence-corrected chi connectivity index (χ2v) is 3.66. The van der Waals surface area contributed by atoms with Crippen molar-refractivity contribution in [2.45, 2.75) is 37.9 Å². The van der Waals surface area contributed by atoms with Gasteiger partial charge in [0.1, 0.15) is 5.76 Å². The molecule has 2 atom stereocenters. The summed E-state index contributed by atoms with van der Waals surface area (Å²) < 4.78 is 5.23. The van der Waals surface area contributed by atoms with Gasteiger partial charge in [0.15, 0.2) is 0 Å². The lowest BCUT2D eigenvalue weighted by Gasteiger charge is -2.15. The lowest BCUT2D eigenvalue weighted by molar-refractivity contribution is 0.426. The molecule has 3 heteroatoms. The van der Waals surface area contributed by atoms with Crippen LogP contribution in [0.4, 0.5) is 0 Å². The zero-order chi connectivity index (χ0) is 9.10. The highest BCUT2D eigenvalue weighted by Gasteiger charge is 2.22. The van der Waals surface area contributed by atoms with Gasteiger partial charge in [-0.15, -0.1) is 0 Å². The van der Waals surface area contributed by atoms with Crippen LogP contribution in [-0.4, -0.2) is 12.1 Å². The third kappa shape index (κ3) is 2.11. The molecule has 1 heterocycles. The average Bonchev–Trinajstić information content (AvgIpc) is 2.72. The highest BCUT2D eigenvalue weighted by molar-refractivity contribution is 4.98. The molecular formula is C10H16N2O. The van der Waals surface area contributed by atoms with E-state index in [0.29, 0.717) is 12.1 Å². The molecule has 1 fully saturated rings. The molecule has 1 aliphatic rings. The number of hydrogen-bond acceptors (Lipinski definition) is 3. The minimum absolute atomic E-state index is 0.329. The maximum absolute atomic E-state index is 5.93. The Hall–Kier alpha value is -0.800. The van der Waals surface area contributed by atoms with E-state index in [4.69, 9.17) is 10.2 Å². The summed E-state index contributed by atoms with van der Waals surface area (Å²) in [5, 5.41) is 3.42. The van der Waals surface area contributed by atoms with Gasteiger partial charge in [0.2, 0.25) is 0 Å². The summed E-state index contributed by atoms with van der Waals surface area (Å²) in [4.78, 5) is 0. The molecule has 0 aliphatic heterocycles. The highest BCUT2D eigenvalue weighted by Crippen LogP contribution is 2.17. The van der Waals surface area contributed by atoms with Crippen LogP contribution in [0, 0.1) is 0 Å². The van der Waals surface area contributed by atoms with Crippen molar-refractivity contribution in [3.63, 3.8) is 0 Å². The van der Waals surface area contributed by atoms with Crippen molar-refractivity contribution in [3.05, 3.63) is 24.2 Å². The molecule has 3 nitrogen and oxygen atoms in total. The number of furan rings is 1. The molecule has 0 saturated heterocycles. The summed E-state index contributed by atoms with van der Waals surface area (Å²) in [6, 6.07) is 4.69. The second kappa shape index (κ2) is 3.94. The normalized spacial score (nSPS) is 28.1. The zero-order valence-corrected chi connectivity index (χ0v) is 7.70. The minimum Gasteiger partial charge on any atom is -0.468 e. The summed E-state index contributed by atoms with van der Waals surface area (Å²) in [7, 11) is 0. The lowest BCUT2D eigenvalue weighted by Crippen LogP contribution is -2.40. The van der Waals surface area contributed by atoms with Gasteiger partial charge in [-0.1, -0.05) is 6.42 Å². The molecule has 3 N–H and O–H groups in total. The summed E-state index contributed by atoms with van der Waals surface area (Å²) in [6.07, 6.45) is 5.29. The molecule has 0 spiro atoms. The van der Waals surface area contributed by atoms with E-state index < -0.39 is 0 Å². The van der Waals surface area contributed by atoms with E-state index in [1.165, 1.54) is 12.8 Å². The number of nitrogens with one attached hydrogen (secondary N) is 1. The fourth-order valence-electron chi connectivity index (χ4n) is 1.89. The van der Waals surface area contributed by atoms with Crippen molar-refractivity contribution >= 4 is 0 Å². The van der Waals surface area contributed by atoms with E-state index in [1.54, 1.807) is 6.26 Å². The quantitative estimate of drug-likeness (QED) is 0.736. The standard InChI is InChI=1S/C10H16N2O/c11-9-4-1-5-10(9)12-7-8-3-2-6-13-8/h2-3,6,9-10,12H,1,4-5,7,11H2/t9-,10+/m1/s1. The van der Waals surface area contributed by atoms with E-state index >= 15 is 0 Å². The van der Waals surface area contributed by atoms with Gasteiger partial charge in [0, 0.05) is 12.1 Å². The Balaban J connectivity index is 1.79. The Bertz CT molecular complexity index is 245. The maximum Gasteiger partial charge on any atom is 0.117 e. The zero-order valence-electron chi connectivity index (χ0n) is 7.70. The fourth-order valence-corrected chi connectivity index (χ4v) is 1.89. The Morgan fingerprint density at radius 2 is 2.46 bits per heavy atom. The molecule has 0 radical (unpaired) electrons. The minimum atomic E-state index is 0.329. The Morgan fingerprint density at radius 1 is 1.54 bits per heavy atom. The molecule has 0 unspecified atom stereocenters. The fraction of sp³-hybridized carbons (Fsp3) is 0.600. The van der Waals surface area contributed by atoms with Gasteiger partial charge in [0.25, 0.3) is 0 Å². The largest absolute Gasteiger partial charge is 0.468 e. The molecule has 72 valence electrons. The van der Waals surface area contributed by atoms with Gasteiger partial charge in [-0.3, -0.25) is 0 Å². The first kappa shape index (κ1) is 8.78. The van der Waals surface area contributed by atoms with Gasteiger partial charge < -0.3 is 15.5 Å². The molecule has 0 amide bonds. The molecule has 1 saturated carbocycles. The maximum atomic E-state index is 5.93. The topological polar surface area (TPSA) is 51.2 Å². The summed E-state index contributed by atoms with van der Waals surface area (Å²) in [6.45, 7) is 0.797. The third-order valence-corrected chi connectivity index (χ3v) is 2.69. The smallest absolute Gasteiger partial charge is 0.117 e. The predicted molar refractivity (Wildman–Crippen MR) is 51.2 cm³/mol. The van der Waals surface area contributed by atoms with Gasteiger partial charge in [-0.05, 0) is 25.0 Å². The molecule has 0 aromatic carbocycles. The van der Waals surface area contributed by atoms with Crippen LogP contribution in [0.5, 0.6) is 0 Å². The Morgan fingerprint density at radius 3 is 3.08 bits per heavy atom. The van der Waals surface area contributed by atoms with Crippen molar-refractivity contribution in [2.24, 2.45) is 5.73 Å². The summed E-state index contributed by atoms with van der Waals surface area (Å²) >= 11 is 0. The first-order chi connectivity index (χ1) is 6.36. The van der Waals surface area contributed by atoms with E-state index in [9.17, 15) is 0 Å². The van der Waals surface area contributed by atoms with Crippen LogP contribution in [0.2, 0.25) is 0 Å². The molecule has 1 aromatic rings. The molecule has 0 bridgehead atoms.